The Morgan fingerprint density at radius 1 is 1.06 bits per heavy atom. The highest BCUT2D eigenvalue weighted by Gasteiger charge is 2.48. The first-order valence-corrected chi connectivity index (χ1v) is 12.8. The second kappa shape index (κ2) is 8.35. The van der Waals surface area contributed by atoms with E-state index >= 15 is 0 Å². The number of amides is 1. The van der Waals surface area contributed by atoms with Gasteiger partial charge in [0.05, 0.1) is 10.3 Å². The minimum absolute atomic E-state index is 0.0425. The molecule has 0 saturated carbocycles. The van der Waals surface area contributed by atoms with E-state index in [2.05, 4.69) is 4.98 Å². The molecule has 0 radical (unpaired) electrons. The predicted molar refractivity (Wildman–Crippen MR) is 132 cm³/mol. The molecule has 2 aromatic carbocycles. The third kappa shape index (κ3) is 3.57. The molecule has 6 rings (SSSR count). The van der Waals surface area contributed by atoms with Crippen molar-refractivity contribution in [2.75, 3.05) is 4.90 Å². The van der Waals surface area contributed by atoms with Gasteiger partial charge in [0.1, 0.15) is 23.1 Å². The molecule has 4 aromatic rings. The van der Waals surface area contributed by atoms with Gasteiger partial charge in [-0.15, -0.1) is 11.3 Å². The third-order valence-electron chi connectivity index (χ3n) is 6.49. The summed E-state index contributed by atoms with van der Waals surface area (Å²) in [4.78, 5) is 32.6. The molecule has 1 fully saturated rings. The van der Waals surface area contributed by atoms with Crippen LogP contribution in [0.15, 0.2) is 53.4 Å². The highest BCUT2D eigenvalue weighted by molar-refractivity contribution is 7.22. The molecule has 1 saturated heterocycles. The monoisotopic (exact) mass is 508 g/mol. The fraction of sp³-hybridized carbons (Fsp3) is 0.192. The number of hydrogen-bond acceptors (Lipinski definition) is 6. The van der Waals surface area contributed by atoms with Crippen LogP contribution < -0.4 is 4.90 Å². The van der Waals surface area contributed by atoms with Gasteiger partial charge in [-0.25, -0.2) is 13.8 Å². The maximum absolute atomic E-state index is 14.3. The smallest absolute Gasteiger partial charge is 0.301 e. The first-order chi connectivity index (χ1) is 16.9. The fourth-order valence-corrected chi connectivity index (χ4v) is 6.69. The van der Waals surface area contributed by atoms with E-state index in [9.17, 15) is 23.5 Å². The number of aromatic nitrogens is 1. The topological polar surface area (TPSA) is 70.5 Å². The molecule has 1 aliphatic carbocycles. The standard InChI is InChI=1S/C26H18F2N2O3S2/c27-16-11-17(28)21-19(12-16)35-26(29-21)30-22(18-6-3-9-34-18)20(24(32)25(30)33)23(31)15-8-7-13-4-1-2-5-14(13)10-15/h3,6-12,22,31H,1-2,4-5H2/b23-20+. The van der Waals surface area contributed by atoms with Gasteiger partial charge in [0.2, 0.25) is 0 Å². The summed E-state index contributed by atoms with van der Waals surface area (Å²) in [6, 6.07) is 10.1. The van der Waals surface area contributed by atoms with Gasteiger partial charge in [-0.3, -0.25) is 14.5 Å². The Kier molecular flexibility index (Phi) is 5.26. The number of halogens is 2. The Bertz CT molecular complexity index is 1540. The first kappa shape index (κ1) is 22.1. The molecule has 1 amide bonds. The summed E-state index contributed by atoms with van der Waals surface area (Å²) >= 11 is 2.25. The van der Waals surface area contributed by atoms with Crippen LogP contribution in [0.25, 0.3) is 16.0 Å². The molecule has 5 nitrogen and oxygen atoms in total. The number of aliphatic hydroxyl groups is 1. The molecular formula is C26H18F2N2O3S2. The number of aliphatic hydroxyl groups excluding tert-OH is 1. The van der Waals surface area contributed by atoms with Crippen LogP contribution in [0.2, 0.25) is 0 Å². The molecule has 1 aliphatic heterocycles. The van der Waals surface area contributed by atoms with Gasteiger partial charge in [-0.2, -0.15) is 0 Å². The van der Waals surface area contributed by atoms with Crippen molar-refractivity contribution in [1.82, 2.24) is 4.98 Å². The Hall–Kier alpha value is -3.43. The molecule has 176 valence electrons. The van der Waals surface area contributed by atoms with Gasteiger partial charge >= 0.3 is 5.91 Å². The van der Waals surface area contributed by atoms with Crippen molar-refractivity contribution in [2.45, 2.75) is 31.7 Å². The number of thiazole rings is 1. The van der Waals surface area contributed by atoms with Gasteiger partial charge in [-0.05, 0) is 60.4 Å². The average molecular weight is 509 g/mol. The van der Waals surface area contributed by atoms with E-state index in [1.807, 2.05) is 17.5 Å². The Morgan fingerprint density at radius 2 is 1.86 bits per heavy atom. The van der Waals surface area contributed by atoms with Crippen LogP contribution in [0.4, 0.5) is 13.9 Å². The lowest BCUT2D eigenvalue weighted by Gasteiger charge is -2.22. The zero-order valence-corrected chi connectivity index (χ0v) is 19.9. The molecule has 1 atom stereocenters. The van der Waals surface area contributed by atoms with E-state index in [1.54, 1.807) is 18.2 Å². The SMILES string of the molecule is O=C1C(=O)N(c2nc3c(F)cc(F)cc3s2)C(c2cccs2)/C1=C(\O)c1ccc2c(c1)CCCC2. The van der Waals surface area contributed by atoms with Crippen LogP contribution in [0.1, 0.15) is 40.5 Å². The Morgan fingerprint density at radius 3 is 2.63 bits per heavy atom. The summed E-state index contributed by atoms with van der Waals surface area (Å²) in [6.07, 6.45) is 4.05. The van der Waals surface area contributed by atoms with Crippen molar-refractivity contribution >= 4 is 55.5 Å². The summed E-state index contributed by atoms with van der Waals surface area (Å²) in [7, 11) is 0. The summed E-state index contributed by atoms with van der Waals surface area (Å²) in [5.41, 5.74) is 2.72. The number of Topliss-reactive ketones (excluding diaryl/α,β-unsaturated/α-hetero) is 1. The number of thiophene rings is 1. The normalized spacial score (nSPS) is 19.5. The van der Waals surface area contributed by atoms with E-state index in [1.165, 1.54) is 21.8 Å². The highest BCUT2D eigenvalue weighted by Crippen LogP contribution is 2.46. The molecular weight excluding hydrogens is 490 g/mol. The van der Waals surface area contributed by atoms with Crippen molar-refractivity contribution in [3.05, 3.63) is 86.6 Å². The number of carbonyl (C=O) groups is 2. The Balaban J connectivity index is 1.53. The van der Waals surface area contributed by atoms with Crippen molar-refractivity contribution < 1.29 is 23.5 Å². The van der Waals surface area contributed by atoms with Gasteiger partial charge < -0.3 is 5.11 Å². The van der Waals surface area contributed by atoms with E-state index in [0.717, 1.165) is 54.7 Å². The van der Waals surface area contributed by atoms with Gasteiger partial charge in [0, 0.05) is 16.5 Å². The van der Waals surface area contributed by atoms with Gasteiger partial charge in [0.25, 0.3) is 5.78 Å². The lowest BCUT2D eigenvalue weighted by atomic mass is 9.89. The first-order valence-electron chi connectivity index (χ1n) is 11.1. The zero-order valence-electron chi connectivity index (χ0n) is 18.3. The summed E-state index contributed by atoms with van der Waals surface area (Å²) in [5.74, 6) is -3.57. The van der Waals surface area contributed by atoms with Gasteiger partial charge in [-0.1, -0.05) is 29.5 Å². The summed E-state index contributed by atoms with van der Waals surface area (Å²) < 4.78 is 28.3. The molecule has 2 aliphatic rings. The second-order valence-electron chi connectivity index (χ2n) is 8.61. The number of benzene rings is 2. The summed E-state index contributed by atoms with van der Waals surface area (Å²) in [5, 5.41) is 13.2. The number of carbonyl (C=O) groups excluding carboxylic acids is 2. The van der Waals surface area contributed by atoms with E-state index in [-0.39, 0.29) is 26.7 Å². The highest BCUT2D eigenvalue weighted by atomic mass is 32.1. The second-order valence-corrected chi connectivity index (χ2v) is 10.6. The number of fused-ring (bicyclic) bond motifs is 2. The van der Waals surface area contributed by atoms with Crippen LogP contribution >= 0.6 is 22.7 Å². The predicted octanol–water partition coefficient (Wildman–Crippen LogP) is 6.14. The molecule has 3 heterocycles. The molecule has 0 bridgehead atoms. The van der Waals surface area contributed by atoms with Crippen LogP contribution in [0.3, 0.4) is 0 Å². The van der Waals surface area contributed by atoms with Crippen molar-refractivity contribution in [1.29, 1.82) is 0 Å². The minimum Gasteiger partial charge on any atom is -0.507 e. The lowest BCUT2D eigenvalue weighted by Crippen LogP contribution is -2.28. The van der Waals surface area contributed by atoms with Gasteiger partial charge in [0.15, 0.2) is 10.9 Å². The zero-order chi connectivity index (χ0) is 24.3. The van der Waals surface area contributed by atoms with Crippen LogP contribution in [0.5, 0.6) is 0 Å². The number of ketones is 1. The maximum atomic E-state index is 14.3. The number of aryl methyl sites for hydroxylation is 2. The minimum atomic E-state index is -0.931. The molecule has 35 heavy (non-hydrogen) atoms. The van der Waals surface area contributed by atoms with Crippen molar-refractivity contribution in [3.8, 4) is 0 Å². The Labute approximate surface area is 207 Å². The molecule has 9 heteroatoms. The quantitative estimate of drug-likeness (QED) is 0.205. The lowest BCUT2D eigenvalue weighted by molar-refractivity contribution is -0.132. The number of hydrogen-bond donors (Lipinski definition) is 1. The van der Waals surface area contributed by atoms with Crippen LogP contribution in [-0.2, 0) is 22.4 Å². The van der Waals surface area contributed by atoms with E-state index in [4.69, 9.17) is 0 Å². The molecule has 1 N–H and O–H groups in total. The molecule has 2 aromatic heterocycles. The maximum Gasteiger partial charge on any atom is 0.301 e. The summed E-state index contributed by atoms with van der Waals surface area (Å²) in [6.45, 7) is 0. The number of anilines is 1. The molecule has 0 spiro atoms. The average Bonchev–Trinajstić information content (AvgIpc) is 3.57. The van der Waals surface area contributed by atoms with Crippen molar-refractivity contribution in [3.63, 3.8) is 0 Å². The van der Waals surface area contributed by atoms with E-state index < -0.39 is 29.4 Å². The number of nitrogens with zero attached hydrogens (tertiary/aromatic N) is 2. The molecule has 1 unspecified atom stereocenters. The fourth-order valence-electron chi connectivity index (χ4n) is 4.83. The number of rotatable bonds is 3. The third-order valence-corrected chi connectivity index (χ3v) is 8.41. The van der Waals surface area contributed by atoms with Crippen molar-refractivity contribution in [2.24, 2.45) is 0 Å². The largest absolute Gasteiger partial charge is 0.507 e. The van der Waals surface area contributed by atoms with Crippen LogP contribution in [0, 0.1) is 11.6 Å². The van der Waals surface area contributed by atoms with E-state index in [0.29, 0.717) is 10.4 Å². The van der Waals surface area contributed by atoms with Crippen LogP contribution in [-0.4, -0.2) is 21.8 Å².